The molecule has 1 saturated heterocycles. The number of benzene rings is 2. The molecular weight excluding hydrogens is 288 g/mol. The molecule has 0 aliphatic carbocycles. The van der Waals surface area contributed by atoms with Gasteiger partial charge in [-0.1, -0.05) is 60.7 Å². The molecule has 3 rings (SSSR count). The maximum Gasteiger partial charge on any atom is 0.153 e. The molecule has 102 valence electrons. The van der Waals surface area contributed by atoms with Crippen LogP contribution in [-0.4, -0.2) is 11.2 Å². The van der Waals surface area contributed by atoms with Crippen LogP contribution in [0.3, 0.4) is 0 Å². The summed E-state index contributed by atoms with van der Waals surface area (Å²) in [6.07, 6.45) is 0.520. The van der Waals surface area contributed by atoms with Gasteiger partial charge in [-0.25, -0.2) is 0 Å². The van der Waals surface area contributed by atoms with Crippen LogP contribution in [0.15, 0.2) is 60.7 Å². The van der Waals surface area contributed by atoms with Crippen molar-refractivity contribution >= 4 is 29.1 Å². The van der Waals surface area contributed by atoms with E-state index in [0.29, 0.717) is 6.42 Å². The van der Waals surface area contributed by atoms with Crippen molar-refractivity contribution in [3.63, 3.8) is 0 Å². The molecule has 1 heterocycles. The van der Waals surface area contributed by atoms with E-state index in [4.69, 9.17) is 11.6 Å². The molecule has 1 nitrogen and oxygen atoms in total. The minimum Gasteiger partial charge on any atom is -0.298 e. The maximum absolute atomic E-state index is 12.2. The van der Waals surface area contributed by atoms with Gasteiger partial charge in [0.05, 0.1) is 5.25 Å². The molecule has 0 saturated carbocycles. The van der Waals surface area contributed by atoms with Crippen LogP contribution < -0.4 is 0 Å². The first-order valence-corrected chi connectivity index (χ1v) is 8.06. The fraction of sp³-hybridized carbons (Fsp3) is 0.235. The van der Waals surface area contributed by atoms with Crippen molar-refractivity contribution in [1.82, 2.24) is 0 Å². The fourth-order valence-electron chi connectivity index (χ4n) is 2.51. The number of halogens is 1. The molecule has 0 N–H and O–H groups in total. The molecule has 3 atom stereocenters. The average molecular weight is 303 g/mol. The van der Waals surface area contributed by atoms with Crippen molar-refractivity contribution in [3.05, 3.63) is 71.8 Å². The number of thioether (sulfide) groups is 1. The van der Waals surface area contributed by atoms with Crippen LogP contribution in [0.5, 0.6) is 0 Å². The molecule has 2 aromatic rings. The highest BCUT2D eigenvalue weighted by molar-refractivity contribution is 8.00. The van der Waals surface area contributed by atoms with Gasteiger partial charge in [0.2, 0.25) is 0 Å². The lowest BCUT2D eigenvalue weighted by molar-refractivity contribution is -0.119. The predicted molar refractivity (Wildman–Crippen MR) is 85.2 cm³/mol. The second kappa shape index (κ2) is 6.02. The number of rotatable bonds is 2. The summed E-state index contributed by atoms with van der Waals surface area (Å²) in [6, 6.07) is 20.3. The second-order valence-corrected chi connectivity index (χ2v) is 6.76. The zero-order valence-corrected chi connectivity index (χ0v) is 12.5. The second-order valence-electron chi connectivity index (χ2n) is 4.94. The van der Waals surface area contributed by atoms with Gasteiger partial charge in [-0.2, -0.15) is 0 Å². The summed E-state index contributed by atoms with van der Waals surface area (Å²) < 4.78 is 0. The van der Waals surface area contributed by atoms with Gasteiger partial charge in [0.15, 0.2) is 5.78 Å². The Morgan fingerprint density at radius 2 is 1.45 bits per heavy atom. The number of Topliss-reactive ketones (excluding diaryl/α,β-unsaturated/α-hetero) is 1. The Hall–Kier alpha value is -1.25. The molecular formula is C17H15ClOS. The van der Waals surface area contributed by atoms with Crippen molar-refractivity contribution in [2.45, 2.75) is 22.3 Å². The first kappa shape index (κ1) is 13.7. The van der Waals surface area contributed by atoms with E-state index in [9.17, 15) is 4.79 Å². The Labute approximate surface area is 128 Å². The van der Waals surface area contributed by atoms with E-state index in [-0.39, 0.29) is 16.3 Å². The first-order valence-electron chi connectivity index (χ1n) is 6.68. The van der Waals surface area contributed by atoms with Crippen LogP contribution in [0.25, 0.3) is 0 Å². The molecule has 0 spiro atoms. The largest absolute Gasteiger partial charge is 0.298 e. The normalized spacial score (nSPS) is 26.4. The van der Waals surface area contributed by atoms with Gasteiger partial charge in [0, 0.05) is 11.7 Å². The van der Waals surface area contributed by atoms with Crippen molar-refractivity contribution in [1.29, 1.82) is 0 Å². The van der Waals surface area contributed by atoms with Gasteiger partial charge in [0.25, 0.3) is 0 Å². The van der Waals surface area contributed by atoms with Gasteiger partial charge < -0.3 is 0 Å². The van der Waals surface area contributed by atoms with Crippen molar-refractivity contribution in [3.8, 4) is 0 Å². The van der Waals surface area contributed by atoms with E-state index in [2.05, 4.69) is 12.1 Å². The minimum absolute atomic E-state index is 0.0318. The lowest BCUT2D eigenvalue weighted by Gasteiger charge is -2.32. The van der Waals surface area contributed by atoms with Gasteiger partial charge in [0.1, 0.15) is 5.38 Å². The zero-order valence-electron chi connectivity index (χ0n) is 10.9. The third-order valence-corrected chi connectivity index (χ3v) is 5.82. The van der Waals surface area contributed by atoms with E-state index < -0.39 is 5.38 Å². The van der Waals surface area contributed by atoms with Crippen LogP contribution in [0.4, 0.5) is 0 Å². The zero-order chi connectivity index (χ0) is 13.9. The van der Waals surface area contributed by atoms with Crippen molar-refractivity contribution in [2.75, 3.05) is 0 Å². The third-order valence-electron chi connectivity index (χ3n) is 3.57. The van der Waals surface area contributed by atoms with Crippen LogP contribution in [0, 0.1) is 0 Å². The monoisotopic (exact) mass is 302 g/mol. The molecule has 1 fully saturated rings. The van der Waals surface area contributed by atoms with E-state index in [1.807, 2.05) is 48.5 Å². The van der Waals surface area contributed by atoms with E-state index in [1.165, 1.54) is 5.56 Å². The van der Waals surface area contributed by atoms with Crippen LogP contribution >= 0.6 is 23.4 Å². The predicted octanol–water partition coefficient (Wildman–Crippen LogP) is 4.78. The standard InChI is InChI=1S/C17H15ClOS/c18-16-14(19)11-15(12-7-3-1-4-8-12)20-17(16)13-9-5-2-6-10-13/h1-10,15-17H,11H2. The SMILES string of the molecule is O=C1CC(c2ccccc2)SC(c2ccccc2)C1Cl. The maximum atomic E-state index is 12.2. The number of hydrogen-bond acceptors (Lipinski definition) is 2. The fourth-order valence-corrected chi connectivity index (χ4v) is 4.46. The van der Waals surface area contributed by atoms with Crippen LogP contribution in [0.1, 0.15) is 28.0 Å². The van der Waals surface area contributed by atoms with Gasteiger partial charge in [-0.15, -0.1) is 23.4 Å². The number of hydrogen-bond donors (Lipinski definition) is 0. The molecule has 3 unspecified atom stereocenters. The molecule has 0 radical (unpaired) electrons. The highest BCUT2D eigenvalue weighted by atomic mass is 35.5. The Morgan fingerprint density at radius 1 is 0.900 bits per heavy atom. The summed E-state index contributed by atoms with van der Waals surface area (Å²) in [5.41, 5.74) is 2.34. The first-order chi connectivity index (χ1) is 9.75. The van der Waals surface area contributed by atoms with Crippen molar-refractivity contribution in [2.24, 2.45) is 0 Å². The Kier molecular flexibility index (Phi) is 4.13. The van der Waals surface area contributed by atoms with Crippen molar-refractivity contribution < 1.29 is 4.79 Å². The Balaban J connectivity index is 1.89. The summed E-state index contributed by atoms with van der Waals surface area (Å²) in [4.78, 5) is 12.2. The molecule has 1 aliphatic rings. The smallest absolute Gasteiger partial charge is 0.153 e. The van der Waals surface area contributed by atoms with Gasteiger partial charge in [-0.05, 0) is 11.1 Å². The van der Waals surface area contributed by atoms with Gasteiger partial charge >= 0.3 is 0 Å². The highest BCUT2D eigenvalue weighted by Crippen LogP contribution is 2.50. The quantitative estimate of drug-likeness (QED) is 0.742. The number of ketones is 1. The average Bonchev–Trinajstić information content (AvgIpc) is 2.51. The molecule has 3 heteroatoms. The van der Waals surface area contributed by atoms with E-state index >= 15 is 0 Å². The minimum atomic E-state index is -0.428. The van der Waals surface area contributed by atoms with E-state index in [0.717, 1.165) is 5.56 Å². The molecule has 0 amide bonds. The molecule has 0 aromatic heterocycles. The van der Waals surface area contributed by atoms with E-state index in [1.54, 1.807) is 11.8 Å². The molecule has 1 aliphatic heterocycles. The lowest BCUT2D eigenvalue weighted by Crippen LogP contribution is -2.28. The summed E-state index contributed by atoms with van der Waals surface area (Å²) in [7, 11) is 0. The summed E-state index contributed by atoms with van der Waals surface area (Å²) in [6.45, 7) is 0. The summed E-state index contributed by atoms with van der Waals surface area (Å²) in [5.74, 6) is 0.146. The Bertz CT molecular complexity index is 584. The lowest BCUT2D eigenvalue weighted by atomic mass is 10.00. The summed E-state index contributed by atoms with van der Waals surface area (Å²) >= 11 is 8.15. The Morgan fingerprint density at radius 3 is 2.05 bits per heavy atom. The number of alkyl halides is 1. The third kappa shape index (κ3) is 2.77. The molecule has 0 bridgehead atoms. The molecule has 20 heavy (non-hydrogen) atoms. The molecule has 2 aromatic carbocycles. The number of carbonyl (C=O) groups excluding carboxylic acids is 1. The van der Waals surface area contributed by atoms with Gasteiger partial charge in [-0.3, -0.25) is 4.79 Å². The summed E-state index contributed by atoms with van der Waals surface area (Å²) in [5, 5.41) is -0.199. The van der Waals surface area contributed by atoms with Crippen LogP contribution in [-0.2, 0) is 4.79 Å². The number of carbonyl (C=O) groups is 1. The highest BCUT2D eigenvalue weighted by Gasteiger charge is 2.37. The van der Waals surface area contributed by atoms with Crippen LogP contribution in [0.2, 0.25) is 0 Å². The topological polar surface area (TPSA) is 17.1 Å².